The summed E-state index contributed by atoms with van der Waals surface area (Å²) in [5, 5.41) is 0.713. The number of methoxy groups -OCH3 is 1. The van der Waals surface area contributed by atoms with Gasteiger partial charge in [-0.3, -0.25) is 4.84 Å². The minimum atomic E-state index is 0.0393. The van der Waals surface area contributed by atoms with Gasteiger partial charge in [-0.15, -0.1) is 0 Å². The molecule has 0 aliphatic rings. The molecule has 0 saturated heterocycles. The molecule has 0 aliphatic heterocycles. The lowest BCUT2D eigenvalue weighted by atomic mass is 10.1. The van der Waals surface area contributed by atoms with E-state index in [1.807, 2.05) is 25.1 Å². The Labute approximate surface area is 109 Å². The summed E-state index contributed by atoms with van der Waals surface area (Å²) in [5.41, 5.74) is 3.92. The molecule has 90 valence electrons. The van der Waals surface area contributed by atoms with E-state index in [-0.39, 0.29) is 6.04 Å². The van der Waals surface area contributed by atoms with Crippen molar-refractivity contribution in [3.63, 3.8) is 0 Å². The zero-order valence-electron chi connectivity index (χ0n) is 9.30. The highest BCUT2D eigenvalue weighted by Gasteiger charge is 2.09. The molecule has 1 N–H and O–H groups in total. The predicted molar refractivity (Wildman–Crippen MR) is 68.5 cm³/mol. The first-order chi connectivity index (χ1) is 7.65. The monoisotopic (exact) mass is 307 g/mol. The summed E-state index contributed by atoms with van der Waals surface area (Å²) in [6.45, 7) is 3.06. The molecule has 0 amide bonds. The van der Waals surface area contributed by atoms with Gasteiger partial charge < -0.3 is 4.74 Å². The van der Waals surface area contributed by atoms with Crippen LogP contribution in [0.25, 0.3) is 0 Å². The zero-order chi connectivity index (χ0) is 12.0. The van der Waals surface area contributed by atoms with Gasteiger partial charge >= 0.3 is 0 Å². The van der Waals surface area contributed by atoms with E-state index in [0.29, 0.717) is 18.2 Å². The van der Waals surface area contributed by atoms with Crippen LogP contribution in [0.1, 0.15) is 18.5 Å². The van der Waals surface area contributed by atoms with Crippen molar-refractivity contribution in [2.75, 3.05) is 20.3 Å². The second kappa shape index (κ2) is 7.25. The van der Waals surface area contributed by atoms with Gasteiger partial charge in [0.25, 0.3) is 0 Å². The van der Waals surface area contributed by atoms with Crippen LogP contribution < -0.4 is 5.48 Å². The van der Waals surface area contributed by atoms with Crippen LogP contribution in [0, 0.1) is 0 Å². The van der Waals surface area contributed by atoms with Crippen LogP contribution in [0.15, 0.2) is 22.7 Å². The third-order valence-electron chi connectivity index (χ3n) is 2.08. The maximum Gasteiger partial charge on any atom is 0.0916 e. The maximum atomic E-state index is 6.11. The van der Waals surface area contributed by atoms with Gasteiger partial charge in [0.1, 0.15) is 0 Å². The fourth-order valence-electron chi connectivity index (χ4n) is 1.23. The summed E-state index contributed by atoms with van der Waals surface area (Å²) < 4.78 is 5.84. The Morgan fingerprint density at radius 2 is 2.19 bits per heavy atom. The molecule has 3 nitrogen and oxygen atoms in total. The highest BCUT2D eigenvalue weighted by Crippen LogP contribution is 2.26. The Hall–Kier alpha value is -0.130. The van der Waals surface area contributed by atoms with Gasteiger partial charge in [-0.05, 0) is 24.6 Å². The highest BCUT2D eigenvalue weighted by atomic mass is 79.9. The molecule has 0 saturated carbocycles. The lowest BCUT2D eigenvalue weighted by molar-refractivity contribution is -0.00923. The summed E-state index contributed by atoms with van der Waals surface area (Å²) in [7, 11) is 1.64. The van der Waals surface area contributed by atoms with Crippen LogP contribution in [0.2, 0.25) is 5.02 Å². The van der Waals surface area contributed by atoms with Crippen molar-refractivity contribution >= 4 is 27.5 Å². The number of benzene rings is 1. The Bertz CT molecular complexity index is 336. The number of hydrogen-bond acceptors (Lipinski definition) is 3. The number of nitrogens with one attached hydrogen (secondary N) is 1. The van der Waals surface area contributed by atoms with E-state index in [9.17, 15) is 0 Å². The number of ether oxygens (including phenoxy) is 1. The first-order valence-corrected chi connectivity index (χ1v) is 6.13. The van der Waals surface area contributed by atoms with E-state index < -0.39 is 0 Å². The third-order valence-corrected chi connectivity index (χ3v) is 2.90. The summed E-state index contributed by atoms with van der Waals surface area (Å²) in [6, 6.07) is 5.82. The average molecular weight is 309 g/mol. The molecule has 16 heavy (non-hydrogen) atoms. The summed E-state index contributed by atoms with van der Waals surface area (Å²) >= 11 is 9.48. The molecule has 5 heteroatoms. The molecule has 1 rings (SSSR count). The van der Waals surface area contributed by atoms with Crippen molar-refractivity contribution in [3.05, 3.63) is 33.3 Å². The lowest BCUT2D eigenvalue weighted by Gasteiger charge is -2.15. The average Bonchev–Trinajstić information content (AvgIpc) is 2.24. The van der Waals surface area contributed by atoms with Crippen LogP contribution in [-0.4, -0.2) is 20.3 Å². The number of hydroxylamine groups is 1. The van der Waals surface area contributed by atoms with Crippen molar-refractivity contribution in [1.82, 2.24) is 5.48 Å². The largest absolute Gasteiger partial charge is 0.382 e. The van der Waals surface area contributed by atoms with Crippen LogP contribution in [0.3, 0.4) is 0 Å². The molecule has 1 unspecified atom stereocenters. The lowest BCUT2D eigenvalue weighted by Crippen LogP contribution is -2.21. The molecule has 0 radical (unpaired) electrons. The second-order valence-electron chi connectivity index (χ2n) is 3.35. The van der Waals surface area contributed by atoms with Gasteiger partial charge in [-0.2, -0.15) is 5.48 Å². The van der Waals surface area contributed by atoms with Gasteiger partial charge in [0.05, 0.1) is 19.3 Å². The fraction of sp³-hybridized carbons (Fsp3) is 0.455. The molecular formula is C11H15BrClNO2. The number of halogens is 2. The van der Waals surface area contributed by atoms with E-state index >= 15 is 0 Å². The molecule has 1 aromatic rings. The molecule has 0 aliphatic carbocycles. The van der Waals surface area contributed by atoms with Crippen molar-refractivity contribution in [1.29, 1.82) is 0 Å². The van der Waals surface area contributed by atoms with Gasteiger partial charge in [-0.25, -0.2) is 0 Å². The van der Waals surface area contributed by atoms with Gasteiger partial charge in [0.15, 0.2) is 0 Å². The minimum Gasteiger partial charge on any atom is -0.382 e. The van der Waals surface area contributed by atoms with Crippen molar-refractivity contribution in [3.8, 4) is 0 Å². The molecule has 0 fully saturated rings. The Morgan fingerprint density at radius 1 is 1.44 bits per heavy atom. The summed E-state index contributed by atoms with van der Waals surface area (Å²) in [5.74, 6) is 0. The number of hydrogen-bond donors (Lipinski definition) is 1. The second-order valence-corrected chi connectivity index (χ2v) is 4.67. The van der Waals surface area contributed by atoms with E-state index in [4.69, 9.17) is 21.2 Å². The third kappa shape index (κ3) is 4.39. The van der Waals surface area contributed by atoms with E-state index in [1.54, 1.807) is 7.11 Å². The van der Waals surface area contributed by atoms with Crippen LogP contribution >= 0.6 is 27.5 Å². The van der Waals surface area contributed by atoms with E-state index in [1.165, 1.54) is 0 Å². The zero-order valence-corrected chi connectivity index (χ0v) is 11.6. The highest BCUT2D eigenvalue weighted by molar-refractivity contribution is 9.10. The summed E-state index contributed by atoms with van der Waals surface area (Å²) in [4.78, 5) is 5.23. The maximum absolute atomic E-state index is 6.11. The molecule has 0 heterocycles. The first-order valence-electron chi connectivity index (χ1n) is 4.96. The molecular weight excluding hydrogens is 293 g/mol. The molecule has 0 bridgehead atoms. The molecule has 1 atom stereocenters. The molecule has 0 spiro atoms. The van der Waals surface area contributed by atoms with Gasteiger partial charge in [0, 0.05) is 16.6 Å². The SMILES string of the molecule is COCCONC(C)c1ccc(Br)cc1Cl. The minimum absolute atomic E-state index is 0.0393. The Morgan fingerprint density at radius 3 is 2.81 bits per heavy atom. The van der Waals surface area contributed by atoms with Crippen molar-refractivity contribution < 1.29 is 9.57 Å². The fourth-order valence-corrected chi connectivity index (χ4v) is 2.06. The van der Waals surface area contributed by atoms with E-state index in [0.717, 1.165) is 10.0 Å². The topological polar surface area (TPSA) is 30.5 Å². The van der Waals surface area contributed by atoms with Crippen molar-refractivity contribution in [2.24, 2.45) is 0 Å². The predicted octanol–water partition coefficient (Wildman–Crippen LogP) is 3.33. The number of rotatable bonds is 6. The standard InChI is InChI=1S/C11H15BrClNO2/c1-8(14-16-6-5-15-2)10-4-3-9(12)7-11(10)13/h3-4,7-8,14H,5-6H2,1-2H3. The molecule has 1 aromatic carbocycles. The van der Waals surface area contributed by atoms with Gasteiger partial charge in [-0.1, -0.05) is 33.6 Å². The van der Waals surface area contributed by atoms with Crippen LogP contribution in [0.4, 0.5) is 0 Å². The van der Waals surface area contributed by atoms with Crippen molar-refractivity contribution in [2.45, 2.75) is 13.0 Å². The smallest absolute Gasteiger partial charge is 0.0916 e. The normalized spacial score (nSPS) is 12.8. The van der Waals surface area contributed by atoms with Crippen LogP contribution in [0.5, 0.6) is 0 Å². The van der Waals surface area contributed by atoms with Gasteiger partial charge in [0.2, 0.25) is 0 Å². The quantitative estimate of drug-likeness (QED) is 0.646. The summed E-state index contributed by atoms with van der Waals surface area (Å²) in [6.07, 6.45) is 0. The molecule has 0 aromatic heterocycles. The van der Waals surface area contributed by atoms with E-state index in [2.05, 4.69) is 21.4 Å². The van der Waals surface area contributed by atoms with Crippen LogP contribution in [-0.2, 0) is 9.57 Å². The Kier molecular flexibility index (Phi) is 6.31. The Balaban J connectivity index is 2.49. The first kappa shape index (κ1) is 13.9.